The van der Waals surface area contributed by atoms with E-state index in [4.69, 9.17) is 0 Å². The second-order valence-electron chi connectivity index (χ2n) is 7.93. The summed E-state index contributed by atoms with van der Waals surface area (Å²) in [4.78, 5) is 15.5. The van der Waals surface area contributed by atoms with Gasteiger partial charge in [-0.3, -0.25) is 4.79 Å². The van der Waals surface area contributed by atoms with Crippen molar-refractivity contribution in [2.45, 2.75) is 57.4 Å². The lowest BCUT2D eigenvalue weighted by Crippen LogP contribution is -2.39. The fourth-order valence-corrected chi connectivity index (χ4v) is 4.79. The average Bonchev–Trinajstić information content (AvgIpc) is 2.86. The van der Waals surface area contributed by atoms with Gasteiger partial charge in [0, 0.05) is 5.69 Å². The number of anilines is 1. The second kappa shape index (κ2) is 6.67. The van der Waals surface area contributed by atoms with Crippen LogP contribution in [0.3, 0.4) is 0 Å². The van der Waals surface area contributed by atoms with Crippen molar-refractivity contribution in [3.8, 4) is 0 Å². The summed E-state index contributed by atoms with van der Waals surface area (Å²) in [6.07, 6.45) is 7.56. The maximum absolute atomic E-state index is 13.5. The Morgan fingerprint density at radius 2 is 1.64 bits per heavy atom. The van der Waals surface area contributed by atoms with Gasteiger partial charge in [0.1, 0.15) is 0 Å². The van der Waals surface area contributed by atoms with E-state index >= 15 is 0 Å². The molecule has 25 heavy (non-hydrogen) atoms. The molecule has 130 valence electrons. The highest BCUT2D eigenvalue weighted by molar-refractivity contribution is 6.07. The van der Waals surface area contributed by atoms with Crippen LogP contribution >= 0.6 is 0 Å². The van der Waals surface area contributed by atoms with Crippen molar-refractivity contribution < 1.29 is 4.79 Å². The summed E-state index contributed by atoms with van der Waals surface area (Å²) in [5, 5.41) is 0. The van der Waals surface area contributed by atoms with E-state index < -0.39 is 0 Å². The van der Waals surface area contributed by atoms with E-state index in [1.54, 1.807) is 0 Å². The largest absolute Gasteiger partial charge is 0.307 e. The SMILES string of the molecule is CC1(CC2CCCCC2)C(=O)N(Cc2ccccc2)c2ccccc21. The zero-order chi connectivity index (χ0) is 17.3. The van der Waals surface area contributed by atoms with Gasteiger partial charge in [0.15, 0.2) is 0 Å². The van der Waals surface area contributed by atoms with Gasteiger partial charge in [-0.05, 0) is 36.5 Å². The molecule has 2 aromatic carbocycles. The van der Waals surface area contributed by atoms with Crippen molar-refractivity contribution in [3.05, 3.63) is 65.7 Å². The number of benzene rings is 2. The highest BCUT2D eigenvalue weighted by atomic mass is 16.2. The van der Waals surface area contributed by atoms with Gasteiger partial charge < -0.3 is 4.90 Å². The van der Waals surface area contributed by atoms with Crippen molar-refractivity contribution >= 4 is 11.6 Å². The van der Waals surface area contributed by atoms with Gasteiger partial charge >= 0.3 is 0 Å². The van der Waals surface area contributed by atoms with E-state index in [-0.39, 0.29) is 11.3 Å². The van der Waals surface area contributed by atoms with Crippen LogP contribution in [0.4, 0.5) is 5.69 Å². The molecule has 0 aromatic heterocycles. The van der Waals surface area contributed by atoms with Crippen LogP contribution in [-0.2, 0) is 16.8 Å². The number of amides is 1. The molecule has 2 aliphatic rings. The van der Waals surface area contributed by atoms with Gasteiger partial charge in [0.05, 0.1) is 12.0 Å². The van der Waals surface area contributed by atoms with E-state index in [9.17, 15) is 4.79 Å². The Morgan fingerprint density at radius 1 is 0.960 bits per heavy atom. The summed E-state index contributed by atoms with van der Waals surface area (Å²) < 4.78 is 0. The summed E-state index contributed by atoms with van der Waals surface area (Å²) in [6.45, 7) is 2.84. The minimum absolute atomic E-state index is 0.281. The Balaban J connectivity index is 1.65. The fourth-order valence-electron chi connectivity index (χ4n) is 4.79. The zero-order valence-corrected chi connectivity index (χ0v) is 15.1. The highest BCUT2D eigenvalue weighted by Crippen LogP contribution is 2.47. The number of para-hydroxylation sites is 1. The molecule has 2 aromatic rings. The molecule has 0 N–H and O–H groups in total. The predicted octanol–water partition coefficient (Wildman–Crippen LogP) is 5.46. The minimum atomic E-state index is -0.368. The van der Waals surface area contributed by atoms with Gasteiger partial charge in [-0.15, -0.1) is 0 Å². The molecule has 1 amide bonds. The number of hydrogen-bond acceptors (Lipinski definition) is 1. The highest BCUT2D eigenvalue weighted by Gasteiger charge is 2.48. The van der Waals surface area contributed by atoms with E-state index in [0.29, 0.717) is 12.5 Å². The van der Waals surface area contributed by atoms with E-state index in [2.05, 4.69) is 43.3 Å². The molecule has 4 rings (SSSR count). The van der Waals surface area contributed by atoms with Gasteiger partial charge in [-0.25, -0.2) is 0 Å². The molecule has 0 saturated heterocycles. The molecule has 2 nitrogen and oxygen atoms in total. The second-order valence-corrected chi connectivity index (χ2v) is 7.93. The first kappa shape index (κ1) is 16.4. The summed E-state index contributed by atoms with van der Waals surface area (Å²) in [6, 6.07) is 18.7. The number of carbonyl (C=O) groups is 1. The van der Waals surface area contributed by atoms with Crippen LogP contribution in [0.5, 0.6) is 0 Å². The molecule has 1 unspecified atom stereocenters. The Labute approximate surface area is 150 Å². The van der Waals surface area contributed by atoms with Crippen molar-refractivity contribution in [2.24, 2.45) is 5.92 Å². The van der Waals surface area contributed by atoms with Crippen molar-refractivity contribution in [1.82, 2.24) is 0 Å². The first-order valence-corrected chi connectivity index (χ1v) is 9.64. The Kier molecular flexibility index (Phi) is 4.37. The molecule has 1 saturated carbocycles. The molecule has 0 radical (unpaired) electrons. The van der Waals surface area contributed by atoms with Gasteiger partial charge in [0.25, 0.3) is 0 Å². The quantitative estimate of drug-likeness (QED) is 0.727. The minimum Gasteiger partial charge on any atom is -0.307 e. The summed E-state index contributed by atoms with van der Waals surface area (Å²) in [7, 11) is 0. The topological polar surface area (TPSA) is 20.3 Å². The Bertz CT molecular complexity index is 748. The maximum Gasteiger partial charge on any atom is 0.237 e. The molecular weight excluding hydrogens is 306 g/mol. The van der Waals surface area contributed by atoms with Crippen molar-refractivity contribution in [1.29, 1.82) is 0 Å². The Hall–Kier alpha value is -2.09. The van der Waals surface area contributed by atoms with E-state index in [1.165, 1.54) is 43.2 Å². The predicted molar refractivity (Wildman–Crippen MR) is 103 cm³/mol. The smallest absolute Gasteiger partial charge is 0.237 e. The van der Waals surface area contributed by atoms with E-state index in [0.717, 1.165) is 12.1 Å². The summed E-state index contributed by atoms with van der Waals surface area (Å²) in [5.41, 5.74) is 3.15. The lowest BCUT2D eigenvalue weighted by atomic mass is 9.72. The lowest BCUT2D eigenvalue weighted by molar-refractivity contribution is -0.123. The Morgan fingerprint density at radius 3 is 2.40 bits per heavy atom. The first-order chi connectivity index (χ1) is 12.2. The third-order valence-electron chi connectivity index (χ3n) is 6.11. The van der Waals surface area contributed by atoms with Crippen LogP contribution in [0.25, 0.3) is 0 Å². The summed E-state index contributed by atoms with van der Waals surface area (Å²) >= 11 is 0. The lowest BCUT2D eigenvalue weighted by Gasteiger charge is -2.31. The van der Waals surface area contributed by atoms with Crippen LogP contribution in [0, 0.1) is 5.92 Å². The van der Waals surface area contributed by atoms with Crippen LogP contribution in [-0.4, -0.2) is 5.91 Å². The van der Waals surface area contributed by atoms with Gasteiger partial charge in [0.2, 0.25) is 5.91 Å². The molecular formula is C23H27NO. The summed E-state index contributed by atoms with van der Waals surface area (Å²) in [5.74, 6) is 0.968. The fraction of sp³-hybridized carbons (Fsp3) is 0.435. The van der Waals surface area contributed by atoms with Crippen LogP contribution in [0.2, 0.25) is 0 Å². The molecule has 1 aliphatic carbocycles. The standard InChI is InChI=1S/C23H27NO/c1-23(16-18-10-4-2-5-11-18)20-14-8-9-15-21(20)24(22(23)25)17-19-12-6-3-7-13-19/h3,6-9,12-15,18H,2,4-5,10-11,16-17H2,1H3. The molecule has 1 heterocycles. The average molecular weight is 333 g/mol. The zero-order valence-electron chi connectivity index (χ0n) is 15.1. The van der Waals surface area contributed by atoms with Crippen molar-refractivity contribution in [3.63, 3.8) is 0 Å². The molecule has 0 bridgehead atoms. The molecule has 1 atom stereocenters. The molecule has 0 spiro atoms. The molecule has 1 fully saturated rings. The third-order valence-corrected chi connectivity index (χ3v) is 6.11. The third kappa shape index (κ3) is 2.99. The first-order valence-electron chi connectivity index (χ1n) is 9.64. The van der Waals surface area contributed by atoms with Gasteiger partial charge in [-0.2, -0.15) is 0 Å². The normalized spacial score (nSPS) is 23.7. The number of fused-ring (bicyclic) bond motifs is 1. The number of hydrogen-bond donors (Lipinski definition) is 0. The monoisotopic (exact) mass is 333 g/mol. The van der Waals surface area contributed by atoms with Crippen LogP contribution < -0.4 is 4.90 Å². The molecule has 1 aliphatic heterocycles. The number of carbonyl (C=O) groups excluding carboxylic acids is 1. The van der Waals surface area contributed by atoms with Crippen LogP contribution in [0.15, 0.2) is 54.6 Å². The molecule has 2 heteroatoms. The van der Waals surface area contributed by atoms with Crippen LogP contribution in [0.1, 0.15) is 56.6 Å². The number of rotatable bonds is 4. The van der Waals surface area contributed by atoms with Crippen molar-refractivity contribution in [2.75, 3.05) is 4.90 Å². The maximum atomic E-state index is 13.5. The van der Waals surface area contributed by atoms with Gasteiger partial charge in [-0.1, -0.05) is 80.6 Å². The number of nitrogens with zero attached hydrogens (tertiary/aromatic N) is 1. The van der Waals surface area contributed by atoms with E-state index in [1.807, 2.05) is 23.1 Å².